The summed E-state index contributed by atoms with van der Waals surface area (Å²) in [7, 11) is 0. The van der Waals surface area contributed by atoms with Crippen LogP contribution in [0, 0.1) is 10.1 Å². The van der Waals surface area contributed by atoms with Gasteiger partial charge in [-0.25, -0.2) is 0 Å². The molecule has 1 heterocycles. The summed E-state index contributed by atoms with van der Waals surface area (Å²) in [5.41, 5.74) is 1.22. The van der Waals surface area contributed by atoms with Crippen molar-refractivity contribution in [2.75, 3.05) is 11.9 Å². The minimum atomic E-state index is -0.701. The molecular weight excluding hydrogens is 406 g/mol. The number of benzene rings is 1. The Kier molecular flexibility index (Phi) is 8.18. The lowest BCUT2D eigenvalue weighted by Crippen LogP contribution is -2.15. The molecule has 0 aliphatic heterocycles. The second kappa shape index (κ2) is 10.8. The van der Waals surface area contributed by atoms with E-state index in [0.29, 0.717) is 23.6 Å². The standard InChI is InChI=1S/C21H23N3O7/c1-4-30-21(27)9-13(2)17-7-6-16(12-22-17)23-20(26)11-15-5-8-18(24(28)29)19(10-15)31-14(3)25/h5-8,10,12-13H,4,9,11H2,1-3H3,(H,23,26). The molecule has 0 saturated heterocycles. The summed E-state index contributed by atoms with van der Waals surface area (Å²) >= 11 is 0. The average molecular weight is 429 g/mol. The van der Waals surface area contributed by atoms with Crippen LogP contribution in [0.3, 0.4) is 0 Å². The van der Waals surface area contributed by atoms with E-state index in [4.69, 9.17) is 9.47 Å². The van der Waals surface area contributed by atoms with Crippen LogP contribution in [0.4, 0.5) is 11.4 Å². The highest BCUT2D eigenvalue weighted by Crippen LogP contribution is 2.28. The molecule has 0 fully saturated rings. The molecule has 10 heteroatoms. The third-order valence-corrected chi connectivity index (χ3v) is 4.19. The summed E-state index contributed by atoms with van der Waals surface area (Å²) in [6.45, 7) is 5.05. The van der Waals surface area contributed by atoms with Crippen LogP contribution >= 0.6 is 0 Å². The minimum Gasteiger partial charge on any atom is -0.466 e. The molecule has 164 valence electrons. The van der Waals surface area contributed by atoms with Crippen LogP contribution in [0.5, 0.6) is 5.75 Å². The number of amides is 1. The van der Waals surface area contributed by atoms with Gasteiger partial charge in [-0.2, -0.15) is 0 Å². The highest BCUT2D eigenvalue weighted by molar-refractivity contribution is 5.92. The van der Waals surface area contributed by atoms with Gasteiger partial charge in [0.05, 0.1) is 36.3 Å². The highest BCUT2D eigenvalue weighted by Gasteiger charge is 2.18. The lowest BCUT2D eigenvalue weighted by Gasteiger charge is -2.11. The molecule has 0 aliphatic carbocycles. The topological polar surface area (TPSA) is 138 Å². The van der Waals surface area contributed by atoms with E-state index in [1.54, 1.807) is 19.1 Å². The molecule has 1 N–H and O–H groups in total. The Morgan fingerprint density at radius 2 is 1.97 bits per heavy atom. The number of nitrogens with one attached hydrogen (secondary N) is 1. The number of pyridine rings is 1. The average Bonchev–Trinajstić information content (AvgIpc) is 2.68. The van der Waals surface area contributed by atoms with Gasteiger partial charge in [-0.15, -0.1) is 0 Å². The minimum absolute atomic E-state index is 0.0900. The number of ether oxygens (including phenoxy) is 2. The fourth-order valence-electron chi connectivity index (χ4n) is 2.79. The Bertz CT molecular complexity index is 973. The summed E-state index contributed by atoms with van der Waals surface area (Å²) in [5, 5.41) is 13.7. The number of anilines is 1. The summed E-state index contributed by atoms with van der Waals surface area (Å²) in [6, 6.07) is 7.27. The van der Waals surface area contributed by atoms with Crippen LogP contribution in [0.1, 0.15) is 44.4 Å². The number of aromatic nitrogens is 1. The summed E-state index contributed by atoms with van der Waals surface area (Å²) < 4.78 is 9.80. The maximum Gasteiger partial charge on any atom is 0.311 e. The van der Waals surface area contributed by atoms with Gasteiger partial charge < -0.3 is 14.8 Å². The molecule has 1 atom stereocenters. The fraction of sp³-hybridized carbons (Fsp3) is 0.333. The molecule has 10 nitrogen and oxygen atoms in total. The predicted octanol–water partition coefficient (Wildman–Crippen LogP) is 3.15. The zero-order valence-electron chi connectivity index (χ0n) is 17.4. The van der Waals surface area contributed by atoms with Crippen molar-refractivity contribution < 1.29 is 28.8 Å². The lowest BCUT2D eigenvalue weighted by molar-refractivity contribution is -0.385. The van der Waals surface area contributed by atoms with Crippen LogP contribution in [-0.2, 0) is 25.5 Å². The number of nitrogens with zero attached hydrogens (tertiary/aromatic N) is 2. The quantitative estimate of drug-likeness (QED) is 0.278. The molecule has 0 radical (unpaired) electrons. The Morgan fingerprint density at radius 1 is 1.23 bits per heavy atom. The molecule has 0 spiro atoms. The second-order valence-electron chi connectivity index (χ2n) is 6.76. The van der Waals surface area contributed by atoms with Gasteiger partial charge in [-0.3, -0.25) is 29.5 Å². The number of carbonyl (C=O) groups is 3. The summed E-state index contributed by atoms with van der Waals surface area (Å²) in [6.07, 6.45) is 1.60. The number of nitro groups is 1. The number of hydrogen-bond acceptors (Lipinski definition) is 8. The van der Waals surface area contributed by atoms with Crippen LogP contribution in [-0.4, -0.2) is 34.4 Å². The highest BCUT2D eigenvalue weighted by atomic mass is 16.6. The van der Waals surface area contributed by atoms with Gasteiger partial charge in [0.1, 0.15) is 0 Å². The molecule has 0 saturated carbocycles. The number of carbonyl (C=O) groups excluding carboxylic acids is 3. The Hall–Kier alpha value is -3.82. The summed E-state index contributed by atoms with van der Waals surface area (Å²) in [4.78, 5) is 49.7. The Labute approximate surface area is 178 Å². The van der Waals surface area contributed by atoms with Gasteiger partial charge in [0, 0.05) is 24.6 Å². The smallest absolute Gasteiger partial charge is 0.311 e. The van der Waals surface area contributed by atoms with Crippen LogP contribution in [0.25, 0.3) is 0 Å². The van der Waals surface area contributed by atoms with E-state index in [9.17, 15) is 24.5 Å². The van der Waals surface area contributed by atoms with Crippen molar-refractivity contribution in [2.45, 2.75) is 39.5 Å². The number of rotatable bonds is 9. The Morgan fingerprint density at radius 3 is 2.55 bits per heavy atom. The van der Waals surface area contributed by atoms with Gasteiger partial charge in [0.25, 0.3) is 0 Å². The number of nitro benzene ring substituents is 1. The maximum atomic E-state index is 12.3. The first-order chi connectivity index (χ1) is 14.7. The van der Waals surface area contributed by atoms with Gasteiger partial charge in [-0.1, -0.05) is 13.0 Å². The molecule has 1 aromatic carbocycles. The summed E-state index contributed by atoms with van der Waals surface area (Å²) in [5.74, 6) is -1.73. The third kappa shape index (κ3) is 7.18. The second-order valence-corrected chi connectivity index (χ2v) is 6.76. The van der Waals surface area contributed by atoms with E-state index < -0.39 is 10.9 Å². The molecule has 1 unspecified atom stereocenters. The Balaban J connectivity index is 2.01. The lowest BCUT2D eigenvalue weighted by atomic mass is 10.0. The van der Waals surface area contributed by atoms with E-state index in [2.05, 4.69) is 10.3 Å². The van der Waals surface area contributed by atoms with E-state index in [1.165, 1.54) is 24.4 Å². The predicted molar refractivity (Wildman–Crippen MR) is 111 cm³/mol. The first-order valence-corrected chi connectivity index (χ1v) is 9.56. The van der Waals surface area contributed by atoms with E-state index in [-0.39, 0.29) is 42.1 Å². The van der Waals surface area contributed by atoms with Crippen molar-refractivity contribution >= 4 is 29.2 Å². The van der Waals surface area contributed by atoms with Crippen molar-refractivity contribution in [3.63, 3.8) is 0 Å². The van der Waals surface area contributed by atoms with Crippen molar-refractivity contribution in [2.24, 2.45) is 0 Å². The normalized spacial score (nSPS) is 11.3. The molecule has 0 aliphatic rings. The maximum absolute atomic E-state index is 12.3. The SMILES string of the molecule is CCOC(=O)CC(C)c1ccc(NC(=O)Cc2ccc([N+](=O)[O-])c(OC(C)=O)c2)cn1. The van der Waals surface area contributed by atoms with Crippen LogP contribution in [0.2, 0.25) is 0 Å². The van der Waals surface area contributed by atoms with Crippen molar-refractivity contribution in [1.82, 2.24) is 4.98 Å². The molecule has 31 heavy (non-hydrogen) atoms. The van der Waals surface area contributed by atoms with Crippen LogP contribution in [0.15, 0.2) is 36.5 Å². The van der Waals surface area contributed by atoms with Gasteiger partial charge in [0.2, 0.25) is 11.7 Å². The first-order valence-electron chi connectivity index (χ1n) is 9.56. The van der Waals surface area contributed by atoms with Gasteiger partial charge >= 0.3 is 17.6 Å². The van der Waals surface area contributed by atoms with Gasteiger partial charge in [-0.05, 0) is 30.7 Å². The number of esters is 2. The number of hydrogen-bond donors (Lipinski definition) is 1. The molecule has 2 aromatic rings. The third-order valence-electron chi connectivity index (χ3n) is 4.19. The van der Waals surface area contributed by atoms with Crippen LogP contribution < -0.4 is 10.1 Å². The fourth-order valence-corrected chi connectivity index (χ4v) is 2.79. The van der Waals surface area contributed by atoms with E-state index >= 15 is 0 Å². The molecule has 2 rings (SSSR count). The monoisotopic (exact) mass is 429 g/mol. The van der Waals surface area contributed by atoms with E-state index in [1.807, 2.05) is 6.92 Å². The zero-order chi connectivity index (χ0) is 23.0. The van der Waals surface area contributed by atoms with Gasteiger partial charge in [0.15, 0.2) is 0 Å². The van der Waals surface area contributed by atoms with Crippen molar-refractivity contribution in [3.8, 4) is 5.75 Å². The first kappa shape index (κ1) is 23.5. The molecule has 0 bridgehead atoms. The zero-order valence-corrected chi connectivity index (χ0v) is 17.4. The van der Waals surface area contributed by atoms with Crippen molar-refractivity contribution in [3.05, 3.63) is 57.9 Å². The molecular formula is C21H23N3O7. The largest absolute Gasteiger partial charge is 0.466 e. The molecule has 1 aromatic heterocycles. The molecule has 1 amide bonds. The van der Waals surface area contributed by atoms with E-state index in [0.717, 1.165) is 6.92 Å². The van der Waals surface area contributed by atoms with Crippen molar-refractivity contribution in [1.29, 1.82) is 0 Å².